The number of carbonyl (C=O) groups is 1. The zero-order chi connectivity index (χ0) is 23.3. The first-order chi connectivity index (χ1) is 15.3. The van der Waals surface area contributed by atoms with Crippen LogP contribution in [0, 0.1) is 19.7 Å². The van der Waals surface area contributed by atoms with Crippen LogP contribution < -0.4 is 5.32 Å². The molecular formula is C24H29FN6O. The number of hydrogen-bond acceptors (Lipinski definition) is 5. The maximum atomic E-state index is 14.9. The molecule has 1 aromatic heterocycles. The van der Waals surface area contributed by atoms with Gasteiger partial charge in [0.1, 0.15) is 5.82 Å². The van der Waals surface area contributed by atoms with E-state index in [1.54, 1.807) is 23.1 Å². The molecule has 0 spiro atoms. The monoisotopic (exact) mass is 436 g/mol. The molecule has 1 aliphatic heterocycles. The van der Waals surface area contributed by atoms with E-state index < -0.39 is 11.7 Å². The van der Waals surface area contributed by atoms with E-state index in [0.29, 0.717) is 18.1 Å². The summed E-state index contributed by atoms with van der Waals surface area (Å²) in [5, 5.41) is 3.37. The summed E-state index contributed by atoms with van der Waals surface area (Å²) < 4.78 is 14.9. The van der Waals surface area contributed by atoms with E-state index >= 15 is 0 Å². The van der Waals surface area contributed by atoms with Gasteiger partial charge in [-0.05, 0) is 59.4 Å². The molecule has 168 valence electrons. The fourth-order valence-corrected chi connectivity index (χ4v) is 3.99. The number of hydrogen-bond donors (Lipinski definition) is 1. The van der Waals surface area contributed by atoms with Crippen molar-refractivity contribution in [3.05, 3.63) is 64.9 Å². The van der Waals surface area contributed by atoms with Crippen molar-refractivity contribution in [2.45, 2.75) is 52.6 Å². The highest BCUT2D eigenvalue weighted by atomic mass is 19.1. The van der Waals surface area contributed by atoms with E-state index in [-0.39, 0.29) is 23.5 Å². The van der Waals surface area contributed by atoms with Crippen molar-refractivity contribution in [2.75, 3.05) is 11.9 Å². The molecule has 1 aliphatic rings. The average molecular weight is 437 g/mol. The minimum atomic E-state index is -0.607. The summed E-state index contributed by atoms with van der Waals surface area (Å²) in [5.74, 6) is -0.259. The van der Waals surface area contributed by atoms with E-state index in [0.717, 1.165) is 24.2 Å². The Labute approximate surface area is 188 Å². The Morgan fingerprint density at radius 3 is 2.69 bits per heavy atom. The predicted molar refractivity (Wildman–Crippen MR) is 126 cm³/mol. The molecule has 0 unspecified atom stereocenters. The zero-order valence-electron chi connectivity index (χ0n) is 19.0. The van der Waals surface area contributed by atoms with Gasteiger partial charge in [-0.1, -0.05) is 18.2 Å². The van der Waals surface area contributed by atoms with Crippen molar-refractivity contribution < 1.29 is 9.18 Å². The van der Waals surface area contributed by atoms with Crippen molar-refractivity contribution >= 4 is 24.4 Å². The lowest BCUT2D eigenvalue weighted by molar-refractivity contribution is 0.0611. The van der Waals surface area contributed by atoms with Crippen molar-refractivity contribution in [3.8, 4) is 0 Å². The molecule has 0 radical (unpaired) electrons. The highest BCUT2D eigenvalue weighted by Gasteiger charge is 2.34. The molecule has 1 N–H and O–H groups in total. The Bertz CT molecular complexity index is 1040. The van der Waals surface area contributed by atoms with Gasteiger partial charge in [0.25, 0.3) is 5.91 Å². The molecule has 1 aromatic carbocycles. The highest BCUT2D eigenvalue weighted by Crippen LogP contribution is 2.25. The van der Waals surface area contributed by atoms with Crippen LogP contribution in [0.15, 0.2) is 46.5 Å². The number of halogens is 1. The number of nitrogens with zero attached hydrogens (tertiary/aromatic N) is 5. The molecule has 8 heteroatoms. The fraction of sp³-hybridized carbons (Fsp3) is 0.375. The second-order valence-electron chi connectivity index (χ2n) is 7.86. The number of aryl methyl sites for hydroxylation is 2. The Morgan fingerprint density at radius 1 is 1.31 bits per heavy atom. The average Bonchev–Trinajstić information content (AvgIpc) is 2.75. The third-order valence-corrected chi connectivity index (χ3v) is 5.51. The van der Waals surface area contributed by atoms with Crippen molar-refractivity contribution in [1.29, 1.82) is 0 Å². The molecule has 0 saturated carbocycles. The minimum Gasteiger partial charge on any atom is -0.349 e. The van der Waals surface area contributed by atoms with Crippen LogP contribution in [-0.4, -0.2) is 52.0 Å². The molecule has 1 amide bonds. The summed E-state index contributed by atoms with van der Waals surface area (Å²) in [6.07, 6.45) is 4.90. The normalized spacial score (nSPS) is 19.3. The fourth-order valence-electron chi connectivity index (χ4n) is 3.99. The highest BCUT2D eigenvalue weighted by molar-refractivity contribution is 6.11. The summed E-state index contributed by atoms with van der Waals surface area (Å²) in [6, 6.07) is 6.12. The molecule has 3 rings (SSSR count). The smallest absolute Gasteiger partial charge is 0.257 e. The lowest BCUT2D eigenvalue weighted by Crippen LogP contribution is -2.52. The number of benzene rings is 1. The topological polar surface area (TPSA) is 82.8 Å². The Kier molecular flexibility index (Phi) is 7.45. The van der Waals surface area contributed by atoms with E-state index in [9.17, 15) is 9.18 Å². The Balaban J connectivity index is 1.91. The number of amidine groups is 1. The van der Waals surface area contributed by atoms with Crippen LogP contribution >= 0.6 is 0 Å². The first-order valence-electron chi connectivity index (χ1n) is 10.7. The van der Waals surface area contributed by atoms with E-state index in [1.165, 1.54) is 12.3 Å². The van der Waals surface area contributed by atoms with Gasteiger partial charge < -0.3 is 10.2 Å². The summed E-state index contributed by atoms with van der Waals surface area (Å²) >= 11 is 0. The molecule has 2 aromatic rings. The van der Waals surface area contributed by atoms with Crippen LogP contribution in [0.4, 0.5) is 10.3 Å². The summed E-state index contributed by atoms with van der Waals surface area (Å²) in [7, 11) is 0. The predicted octanol–water partition coefficient (Wildman–Crippen LogP) is 4.32. The first kappa shape index (κ1) is 23.2. The van der Waals surface area contributed by atoms with Crippen LogP contribution in [0.2, 0.25) is 0 Å². The number of rotatable bonds is 5. The van der Waals surface area contributed by atoms with Gasteiger partial charge in [0, 0.05) is 41.8 Å². The number of piperidine rings is 1. The van der Waals surface area contributed by atoms with Crippen molar-refractivity contribution in [1.82, 2.24) is 14.9 Å². The third-order valence-electron chi connectivity index (χ3n) is 5.51. The number of anilines is 1. The maximum Gasteiger partial charge on any atom is 0.257 e. The van der Waals surface area contributed by atoms with E-state index in [2.05, 4.69) is 32.0 Å². The number of aliphatic imine (C=N–C) groups is 2. The molecule has 1 fully saturated rings. The molecule has 32 heavy (non-hydrogen) atoms. The number of carbonyl (C=O) groups excluding carboxylic acids is 1. The summed E-state index contributed by atoms with van der Waals surface area (Å²) in [6.45, 7) is 11.7. The van der Waals surface area contributed by atoms with Gasteiger partial charge in [0.05, 0.1) is 5.56 Å². The van der Waals surface area contributed by atoms with Gasteiger partial charge in [-0.25, -0.2) is 24.3 Å². The lowest BCUT2D eigenvalue weighted by atomic mass is 9.95. The van der Waals surface area contributed by atoms with Gasteiger partial charge in [-0.3, -0.25) is 4.79 Å². The standard InChI is InChI=1S/C24H29FN6O/c1-6-12-27-22(26-5)18-9-7-10-19(25)21(18)23(32)31-13-8-11-20(17(31)4)30-24-28-15(2)14-16(3)29-24/h6-7,9-10,12,14,17,20H,5,8,11,13H2,1-4H3,(H,28,29,30)/b12-6-,27-22?/t17-,20+/m0/s1. The molecule has 1 saturated heterocycles. The Morgan fingerprint density at radius 2 is 2.03 bits per heavy atom. The van der Waals surface area contributed by atoms with Crippen LogP contribution in [0.1, 0.15) is 54.0 Å². The van der Waals surface area contributed by atoms with Gasteiger partial charge in [-0.2, -0.15) is 0 Å². The van der Waals surface area contributed by atoms with Gasteiger partial charge >= 0.3 is 0 Å². The summed E-state index contributed by atoms with van der Waals surface area (Å²) in [4.78, 5) is 32.3. The molecule has 2 heterocycles. The molecule has 2 atom stereocenters. The van der Waals surface area contributed by atoms with E-state index in [1.807, 2.05) is 33.8 Å². The van der Waals surface area contributed by atoms with Crippen LogP contribution in [0.25, 0.3) is 0 Å². The van der Waals surface area contributed by atoms with Gasteiger partial charge in [0.2, 0.25) is 5.95 Å². The zero-order valence-corrected chi connectivity index (χ0v) is 19.0. The lowest BCUT2D eigenvalue weighted by Gasteiger charge is -2.40. The van der Waals surface area contributed by atoms with Gasteiger partial charge in [0.15, 0.2) is 5.84 Å². The Hall–Kier alpha value is -3.42. The SMILES string of the molecule is C=NC(=N/C=C\C)c1cccc(F)c1C(=O)N1CCC[C@@H](Nc2nc(C)cc(C)n2)[C@@H]1C. The second kappa shape index (κ2) is 10.3. The summed E-state index contributed by atoms with van der Waals surface area (Å²) in [5.41, 5.74) is 2.02. The van der Waals surface area contributed by atoms with Crippen LogP contribution in [0.5, 0.6) is 0 Å². The number of amides is 1. The molecular weight excluding hydrogens is 407 g/mol. The number of likely N-dealkylation sites (tertiary alicyclic amines) is 1. The van der Waals surface area contributed by atoms with Crippen molar-refractivity contribution in [2.24, 2.45) is 9.98 Å². The quantitative estimate of drug-likeness (QED) is 0.559. The number of aromatic nitrogens is 2. The number of allylic oxidation sites excluding steroid dienone is 1. The van der Waals surface area contributed by atoms with Crippen molar-refractivity contribution in [3.63, 3.8) is 0 Å². The second-order valence-corrected chi connectivity index (χ2v) is 7.86. The maximum absolute atomic E-state index is 14.9. The third kappa shape index (κ3) is 5.07. The molecule has 0 bridgehead atoms. The minimum absolute atomic E-state index is 0.0432. The van der Waals surface area contributed by atoms with E-state index in [4.69, 9.17) is 0 Å². The number of nitrogens with one attached hydrogen (secondary N) is 1. The first-order valence-corrected chi connectivity index (χ1v) is 10.7. The molecule has 0 aliphatic carbocycles. The van der Waals surface area contributed by atoms with Gasteiger partial charge in [-0.15, -0.1) is 0 Å². The van der Waals surface area contributed by atoms with Crippen LogP contribution in [0.3, 0.4) is 0 Å². The van der Waals surface area contributed by atoms with Crippen LogP contribution in [-0.2, 0) is 0 Å². The largest absolute Gasteiger partial charge is 0.349 e. The molecule has 7 nitrogen and oxygen atoms in total.